The fraction of sp³-hybridized carbons (Fsp3) is 0.111. The molecule has 0 atom stereocenters. The Morgan fingerprint density at radius 2 is 1.96 bits per heavy atom. The van der Waals surface area contributed by atoms with Crippen molar-refractivity contribution in [1.29, 1.82) is 0 Å². The van der Waals surface area contributed by atoms with E-state index in [4.69, 9.17) is 0 Å². The molecule has 1 amide bonds. The van der Waals surface area contributed by atoms with Crippen molar-refractivity contribution in [2.24, 2.45) is 7.05 Å². The first kappa shape index (κ1) is 15.6. The van der Waals surface area contributed by atoms with Crippen LogP contribution in [0.5, 0.6) is 0 Å². The number of thioether (sulfide) groups is 1. The Balaban J connectivity index is 1.50. The maximum atomic E-state index is 12.4. The van der Waals surface area contributed by atoms with Crippen LogP contribution in [0.4, 0.5) is 5.69 Å². The molecule has 4 rings (SSSR count). The molecule has 6 nitrogen and oxygen atoms in total. The van der Waals surface area contributed by atoms with Gasteiger partial charge in [-0.25, -0.2) is 9.97 Å². The number of nitrogens with zero attached hydrogens (tertiary/aromatic N) is 4. The molecule has 0 unspecified atom stereocenters. The number of fused-ring (bicyclic) bond motifs is 2. The minimum atomic E-state index is -0.0722. The highest BCUT2D eigenvalue weighted by Crippen LogP contribution is 2.25. The van der Waals surface area contributed by atoms with Crippen LogP contribution in [-0.2, 0) is 11.8 Å². The third-order valence-corrected chi connectivity index (χ3v) is 4.90. The molecule has 7 heteroatoms. The first-order chi connectivity index (χ1) is 12.2. The van der Waals surface area contributed by atoms with Crippen LogP contribution in [0.3, 0.4) is 0 Å². The molecule has 2 aromatic carbocycles. The van der Waals surface area contributed by atoms with Crippen LogP contribution in [0.2, 0.25) is 0 Å². The van der Waals surface area contributed by atoms with E-state index in [2.05, 4.69) is 20.4 Å². The Morgan fingerprint density at radius 1 is 1.12 bits per heavy atom. The number of rotatable bonds is 4. The van der Waals surface area contributed by atoms with E-state index in [0.717, 1.165) is 32.5 Å². The van der Waals surface area contributed by atoms with Crippen molar-refractivity contribution in [3.8, 4) is 0 Å². The zero-order chi connectivity index (χ0) is 17.2. The van der Waals surface area contributed by atoms with Gasteiger partial charge in [0.05, 0.1) is 17.3 Å². The number of benzene rings is 2. The van der Waals surface area contributed by atoms with E-state index >= 15 is 0 Å². The molecule has 0 spiro atoms. The Morgan fingerprint density at radius 3 is 2.88 bits per heavy atom. The van der Waals surface area contributed by atoms with Crippen LogP contribution >= 0.6 is 11.8 Å². The molecule has 1 N–H and O–H groups in total. The zero-order valence-electron chi connectivity index (χ0n) is 13.5. The number of carbonyl (C=O) groups excluding carboxylic acids is 1. The first-order valence-electron chi connectivity index (χ1n) is 7.75. The summed E-state index contributed by atoms with van der Waals surface area (Å²) in [6, 6.07) is 13.9. The molecule has 0 aliphatic carbocycles. The number of nitrogens with one attached hydrogen (secondary N) is 1. The summed E-state index contributed by atoms with van der Waals surface area (Å²) in [6.45, 7) is 0. The van der Waals surface area contributed by atoms with Crippen molar-refractivity contribution in [1.82, 2.24) is 19.7 Å². The van der Waals surface area contributed by atoms with Gasteiger partial charge in [-0.2, -0.15) is 5.10 Å². The summed E-state index contributed by atoms with van der Waals surface area (Å²) in [5.41, 5.74) is 1.57. The van der Waals surface area contributed by atoms with E-state index < -0.39 is 0 Å². The standard InChI is InChI=1S/C18H15N5OS/c1-23-17-14(9-21-23)18(20-11-19-17)25-10-16(24)22-15-8-4-6-12-5-2-3-7-13(12)15/h2-9,11H,10H2,1H3,(H,22,24). The van der Waals surface area contributed by atoms with Crippen LogP contribution in [0, 0.1) is 0 Å². The van der Waals surface area contributed by atoms with Crippen molar-refractivity contribution in [3.63, 3.8) is 0 Å². The van der Waals surface area contributed by atoms with Crippen molar-refractivity contribution < 1.29 is 4.79 Å². The van der Waals surface area contributed by atoms with E-state index in [1.165, 1.54) is 18.1 Å². The highest BCUT2D eigenvalue weighted by Gasteiger charge is 2.11. The molecular weight excluding hydrogens is 334 g/mol. The summed E-state index contributed by atoms with van der Waals surface area (Å²) < 4.78 is 1.69. The van der Waals surface area contributed by atoms with Gasteiger partial charge in [-0.3, -0.25) is 9.48 Å². The average molecular weight is 349 g/mol. The molecular formula is C18H15N5OS. The fourth-order valence-corrected chi connectivity index (χ4v) is 3.47. The van der Waals surface area contributed by atoms with Gasteiger partial charge in [0.25, 0.3) is 0 Å². The van der Waals surface area contributed by atoms with Crippen LogP contribution < -0.4 is 5.32 Å². The lowest BCUT2D eigenvalue weighted by molar-refractivity contribution is -0.113. The van der Waals surface area contributed by atoms with Gasteiger partial charge in [0, 0.05) is 18.1 Å². The molecule has 0 bridgehead atoms. The summed E-state index contributed by atoms with van der Waals surface area (Å²) in [5.74, 6) is 0.196. The van der Waals surface area contributed by atoms with Crippen molar-refractivity contribution in [2.75, 3.05) is 11.1 Å². The SMILES string of the molecule is Cn1ncc2c(SCC(=O)Nc3cccc4ccccc34)ncnc21. The maximum absolute atomic E-state index is 12.4. The summed E-state index contributed by atoms with van der Waals surface area (Å²) in [7, 11) is 1.83. The van der Waals surface area contributed by atoms with E-state index in [1.54, 1.807) is 10.9 Å². The Hall–Kier alpha value is -2.93. The van der Waals surface area contributed by atoms with E-state index in [1.807, 2.05) is 49.5 Å². The van der Waals surface area contributed by atoms with Crippen molar-refractivity contribution in [3.05, 3.63) is 55.0 Å². The van der Waals surface area contributed by atoms with E-state index in [-0.39, 0.29) is 11.7 Å². The van der Waals surface area contributed by atoms with Crippen LogP contribution in [0.25, 0.3) is 21.8 Å². The Kier molecular flexibility index (Phi) is 4.07. The molecule has 0 fully saturated rings. The smallest absolute Gasteiger partial charge is 0.234 e. The lowest BCUT2D eigenvalue weighted by Gasteiger charge is -2.08. The van der Waals surface area contributed by atoms with Gasteiger partial charge in [-0.15, -0.1) is 0 Å². The number of anilines is 1. The highest BCUT2D eigenvalue weighted by atomic mass is 32.2. The molecule has 0 saturated carbocycles. The minimum Gasteiger partial charge on any atom is -0.325 e. The second-order valence-electron chi connectivity index (χ2n) is 5.55. The van der Waals surface area contributed by atoms with Crippen molar-refractivity contribution in [2.45, 2.75) is 5.03 Å². The first-order valence-corrected chi connectivity index (χ1v) is 8.74. The third kappa shape index (κ3) is 3.06. The number of hydrogen-bond acceptors (Lipinski definition) is 5. The zero-order valence-corrected chi connectivity index (χ0v) is 14.3. The summed E-state index contributed by atoms with van der Waals surface area (Å²) in [6.07, 6.45) is 3.22. The molecule has 0 aliphatic rings. The molecule has 4 aromatic rings. The number of aryl methyl sites for hydroxylation is 1. The molecule has 0 saturated heterocycles. The number of carbonyl (C=O) groups is 1. The van der Waals surface area contributed by atoms with Gasteiger partial charge in [0.1, 0.15) is 11.4 Å². The monoisotopic (exact) mass is 349 g/mol. The van der Waals surface area contributed by atoms with Gasteiger partial charge in [0.2, 0.25) is 5.91 Å². The van der Waals surface area contributed by atoms with Gasteiger partial charge in [-0.1, -0.05) is 48.2 Å². The summed E-state index contributed by atoms with van der Waals surface area (Å²) in [4.78, 5) is 20.8. The number of hydrogen-bond donors (Lipinski definition) is 1. The quantitative estimate of drug-likeness (QED) is 0.452. The third-order valence-electron chi connectivity index (χ3n) is 3.90. The van der Waals surface area contributed by atoms with Gasteiger partial charge < -0.3 is 5.32 Å². The second kappa shape index (κ2) is 6.52. The molecule has 25 heavy (non-hydrogen) atoms. The fourth-order valence-electron chi connectivity index (χ4n) is 2.71. The largest absolute Gasteiger partial charge is 0.325 e. The lowest BCUT2D eigenvalue weighted by Crippen LogP contribution is -2.14. The lowest BCUT2D eigenvalue weighted by atomic mass is 10.1. The maximum Gasteiger partial charge on any atom is 0.234 e. The second-order valence-corrected chi connectivity index (χ2v) is 6.51. The Labute approximate surface area is 148 Å². The molecule has 0 radical (unpaired) electrons. The van der Waals surface area contributed by atoms with Crippen LogP contribution in [0.1, 0.15) is 0 Å². The summed E-state index contributed by atoms with van der Waals surface area (Å²) in [5, 5.41) is 10.9. The average Bonchev–Trinajstić information content (AvgIpc) is 3.02. The van der Waals surface area contributed by atoms with Gasteiger partial charge in [-0.05, 0) is 11.5 Å². The normalized spacial score (nSPS) is 11.1. The number of amides is 1. The molecule has 124 valence electrons. The Bertz CT molecular complexity index is 1070. The van der Waals surface area contributed by atoms with Crippen molar-refractivity contribution >= 4 is 45.2 Å². The molecule has 2 heterocycles. The minimum absolute atomic E-state index is 0.0722. The predicted octanol–water partition coefficient (Wildman–Crippen LogP) is 3.25. The van der Waals surface area contributed by atoms with Crippen LogP contribution in [-0.4, -0.2) is 31.4 Å². The highest BCUT2D eigenvalue weighted by molar-refractivity contribution is 8.00. The number of aromatic nitrogens is 4. The molecule has 2 aromatic heterocycles. The van der Waals surface area contributed by atoms with E-state index in [0.29, 0.717) is 0 Å². The summed E-state index contributed by atoms with van der Waals surface area (Å²) >= 11 is 1.38. The van der Waals surface area contributed by atoms with Gasteiger partial charge >= 0.3 is 0 Å². The topological polar surface area (TPSA) is 72.7 Å². The predicted molar refractivity (Wildman–Crippen MR) is 99.6 cm³/mol. The molecule has 0 aliphatic heterocycles. The van der Waals surface area contributed by atoms with Gasteiger partial charge in [0.15, 0.2) is 5.65 Å². The van der Waals surface area contributed by atoms with Crippen LogP contribution in [0.15, 0.2) is 60.0 Å². The van der Waals surface area contributed by atoms with E-state index in [9.17, 15) is 4.79 Å².